The molecular weight excluding hydrogens is 521 g/mol. The molecule has 4 N–H and O–H groups in total. The highest BCUT2D eigenvalue weighted by molar-refractivity contribution is 7.91. The molecule has 1 aliphatic heterocycles. The van der Waals surface area contributed by atoms with Crippen LogP contribution < -0.4 is 15.6 Å². The summed E-state index contributed by atoms with van der Waals surface area (Å²) < 4.78 is 31.7. The minimum absolute atomic E-state index is 0.0151. The molecule has 3 heterocycles. The minimum atomic E-state index is -3.71. The normalized spacial score (nSPS) is 18.2. The molecule has 1 aromatic carbocycles. The lowest BCUT2D eigenvalue weighted by molar-refractivity contribution is 0.214. The third-order valence-corrected chi connectivity index (χ3v) is 8.02. The molecular formula is C25H30BN7O5S. The van der Waals surface area contributed by atoms with Gasteiger partial charge in [-0.3, -0.25) is 9.48 Å². The van der Waals surface area contributed by atoms with Crippen molar-refractivity contribution in [1.82, 2.24) is 24.3 Å². The van der Waals surface area contributed by atoms with Gasteiger partial charge in [0, 0.05) is 36.4 Å². The second kappa shape index (κ2) is 10.8. The Morgan fingerprint density at radius 1 is 1.26 bits per heavy atom. The van der Waals surface area contributed by atoms with E-state index in [2.05, 4.69) is 20.2 Å². The summed E-state index contributed by atoms with van der Waals surface area (Å²) in [5, 5.41) is 21.0. The average molecular weight is 551 g/mol. The van der Waals surface area contributed by atoms with Crippen molar-refractivity contribution < 1.29 is 18.7 Å². The molecule has 1 aliphatic carbocycles. The van der Waals surface area contributed by atoms with Gasteiger partial charge in [-0.25, -0.2) is 23.2 Å². The van der Waals surface area contributed by atoms with E-state index in [-0.39, 0.29) is 35.7 Å². The highest BCUT2D eigenvalue weighted by Crippen LogP contribution is 2.36. The molecule has 0 saturated carbocycles. The number of benzene rings is 1. The fourth-order valence-corrected chi connectivity index (χ4v) is 5.63. The Balaban J connectivity index is 1.43. The van der Waals surface area contributed by atoms with Gasteiger partial charge in [0.15, 0.2) is 14.9 Å². The van der Waals surface area contributed by atoms with E-state index in [0.717, 1.165) is 30.4 Å². The number of carbonyl (C=O) groups is 1. The van der Waals surface area contributed by atoms with Gasteiger partial charge >= 0.3 is 13.1 Å². The van der Waals surface area contributed by atoms with E-state index in [1.54, 1.807) is 23.0 Å². The van der Waals surface area contributed by atoms with Gasteiger partial charge in [0.2, 0.25) is 0 Å². The molecule has 39 heavy (non-hydrogen) atoms. The molecule has 2 atom stereocenters. The molecule has 2 unspecified atom stereocenters. The number of carbonyl (C=O) groups excluding carboxylic acids is 1. The van der Waals surface area contributed by atoms with Gasteiger partial charge in [-0.05, 0) is 56.4 Å². The van der Waals surface area contributed by atoms with Gasteiger partial charge in [-0.1, -0.05) is 24.2 Å². The highest BCUT2D eigenvalue weighted by Gasteiger charge is 2.24. The van der Waals surface area contributed by atoms with Crippen molar-refractivity contribution in [2.75, 3.05) is 11.9 Å². The molecule has 0 bridgehead atoms. The van der Waals surface area contributed by atoms with E-state index in [1.165, 1.54) is 22.8 Å². The van der Waals surface area contributed by atoms with Gasteiger partial charge in [0.1, 0.15) is 0 Å². The summed E-state index contributed by atoms with van der Waals surface area (Å²) in [4.78, 5) is 25.6. The smallest absolute Gasteiger partial charge is 0.423 e. The van der Waals surface area contributed by atoms with Crippen LogP contribution in [0.5, 0.6) is 0 Å². The molecule has 3 aromatic rings. The van der Waals surface area contributed by atoms with Gasteiger partial charge < -0.3 is 15.0 Å². The Bertz CT molecular complexity index is 1600. The number of nitrogens with zero attached hydrogens (tertiary/aromatic N) is 4. The van der Waals surface area contributed by atoms with Crippen LogP contribution in [0, 0.1) is 10.7 Å². The molecule has 0 spiro atoms. The Morgan fingerprint density at radius 3 is 2.79 bits per heavy atom. The van der Waals surface area contributed by atoms with Crippen LogP contribution in [-0.2, 0) is 34.0 Å². The number of aromatic nitrogens is 4. The maximum absolute atomic E-state index is 13.1. The fraction of sp³-hybridized carbons (Fsp3) is 0.360. The maximum atomic E-state index is 13.1. The number of anilines is 1. The van der Waals surface area contributed by atoms with Gasteiger partial charge in [-0.2, -0.15) is 10.2 Å². The Labute approximate surface area is 226 Å². The van der Waals surface area contributed by atoms with Crippen molar-refractivity contribution in [3.05, 3.63) is 70.1 Å². The van der Waals surface area contributed by atoms with Gasteiger partial charge in [-0.15, -0.1) is 0 Å². The Kier molecular flexibility index (Phi) is 7.43. The van der Waals surface area contributed by atoms with Gasteiger partial charge in [0.05, 0.1) is 17.9 Å². The second-order valence-corrected chi connectivity index (χ2v) is 11.7. The molecule has 2 aliphatic rings. The minimum Gasteiger partial charge on any atom is -0.423 e. The van der Waals surface area contributed by atoms with E-state index < -0.39 is 23.1 Å². The summed E-state index contributed by atoms with van der Waals surface area (Å²) in [7, 11) is -4.66. The third kappa shape index (κ3) is 5.82. The number of aryl methyl sites for hydroxylation is 1. The van der Waals surface area contributed by atoms with Crippen LogP contribution in [0.4, 0.5) is 10.5 Å². The molecule has 204 valence electrons. The number of hydrogen-bond acceptors (Lipinski definition) is 8. The number of rotatable bonds is 7. The molecule has 2 aromatic heterocycles. The van der Waals surface area contributed by atoms with E-state index in [9.17, 15) is 18.8 Å². The molecule has 5 rings (SSSR count). The summed E-state index contributed by atoms with van der Waals surface area (Å²) in [5.41, 5.74) is 3.33. The molecule has 0 fully saturated rings. The standard InChI is InChI=1S/C25H30BN7O5S/c1-16(2)32-13-11-22(30-32)39(27,37)31-25(35)28-24-19-5-3-4-18(19)6-7-20(24)21-8-9-23(34)33(29-21)14-17-10-12-26(36)38-15-17/h6-13,16-17,36H,3-5,14-15H2,1-2H3,(H3,27,28,31,35,37). The Morgan fingerprint density at radius 2 is 2.08 bits per heavy atom. The predicted octanol–water partition coefficient (Wildman–Crippen LogP) is 2.54. The Hall–Kier alpha value is -3.75. The summed E-state index contributed by atoms with van der Waals surface area (Å²) in [6, 6.07) is 7.53. The zero-order valence-corrected chi connectivity index (χ0v) is 22.5. The lowest BCUT2D eigenvalue weighted by Gasteiger charge is -2.20. The van der Waals surface area contributed by atoms with Crippen LogP contribution in [0.1, 0.15) is 37.4 Å². The van der Waals surface area contributed by atoms with Crippen molar-refractivity contribution >= 4 is 28.8 Å². The highest BCUT2D eigenvalue weighted by atomic mass is 32.2. The number of amides is 2. The zero-order valence-electron chi connectivity index (χ0n) is 21.7. The predicted molar refractivity (Wildman–Crippen MR) is 146 cm³/mol. The largest absolute Gasteiger partial charge is 0.483 e. The SMILES string of the molecule is CC(C)n1ccc(S(=N)(=O)NC(=O)Nc2c(-c3ccc(=O)n(CC4C=CB(O)OC4)n3)ccc3c2CCC3)n1. The average Bonchev–Trinajstić information content (AvgIpc) is 3.58. The molecule has 0 saturated heterocycles. The zero-order chi connectivity index (χ0) is 27.7. The van der Waals surface area contributed by atoms with Crippen LogP contribution in [0.15, 0.2) is 58.4 Å². The summed E-state index contributed by atoms with van der Waals surface area (Å²) in [6.07, 6.45) is 5.93. The van der Waals surface area contributed by atoms with Crippen molar-refractivity contribution in [2.24, 2.45) is 5.92 Å². The summed E-state index contributed by atoms with van der Waals surface area (Å²) in [5.74, 6) is 1.39. The van der Waals surface area contributed by atoms with Gasteiger partial charge in [0.25, 0.3) is 5.56 Å². The fourth-order valence-electron chi connectivity index (χ4n) is 4.75. The first-order valence-corrected chi connectivity index (χ1v) is 14.3. The van der Waals surface area contributed by atoms with E-state index in [1.807, 2.05) is 26.0 Å². The van der Waals surface area contributed by atoms with Crippen LogP contribution in [0.25, 0.3) is 11.3 Å². The van der Waals surface area contributed by atoms with Crippen molar-refractivity contribution in [1.29, 1.82) is 4.78 Å². The monoisotopic (exact) mass is 551 g/mol. The molecule has 12 nitrogen and oxygen atoms in total. The van der Waals surface area contributed by atoms with E-state index >= 15 is 0 Å². The summed E-state index contributed by atoms with van der Waals surface area (Å²) >= 11 is 0. The van der Waals surface area contributed by atoms with Crippen molar-refractivity contribution in [2.45, 2.75) is 50.7 Å². The second-order valence-electron chi connectivity index (χ2n) is 9.93. The van der Waals surface area contributed by atoms with Crippen molar-refractivity contribution in [3.8, 4) is 11.3 Å². The quantitative estimate of drug-likeness (QED) is 0.328. The van der Waals surface area contributed by atoms with Crippen LogP contribution in [-0.4, -0.2) is 48.6 Å². The van der Waals surface area contributed by atoms with Crippen LogP contribution in [0.3, 0.4) is 0 Å². The van der Waals surface area contributed by atoms with Crippen molar-refractivity contribution in [3.63, 3.8) is 0 Å². The van der Waals surface area contributed by atoms with E-state index in [4.69, 9.17) is 9.43 Å². The number of hydrogen-bond donors (Lipinski definition) is 4. The number of urea groups is 1. The van der Waals surface area contributed by atoms with Crippen LogP contribution in [0.2, 0.25) is 0 Å². The molecule has 2 amide bonds. The molecule has 0 radical (unpaired) electrons. The maximum Gasteiger partial charge on any atom is 0.483 e. The third-order valence-electron chi connectivity index (χ3n) is 6.74. The lowest BCUT2D eigenvalue weighted by atomic mass is 9.85. The summed E-state index contributed by atoms with van der Waals surface area (Å²) in [6.45, 7) is 4.32. The van der Waals surface area contributed by atoms with E-state index in [0.29, 0.717) is 16.9 Å². The number of fused-ring (bicyclic) bond motifs is 1. The molecule has 14 heteroatoms. The topological polar surface area (TPSA) is 164 Å². The lowest BCUT2D eigenvalue weighted by Crippen LogP contribution is -2.34. The number of nitrogens with one attached hydrogen (secondary N) is 3. The first-order valence-electron chi connectivity index (χ1n) is 12.7. The first kappa shape index (κ1) is 26.8. The first-order chi connectivity index (χ1) is 18.6. The van der Waals surface area contributed by atoms with Crippen LogP contribution >= 0.6 is 0 Å².